The van der Waals surface area contributed by atoms with Gasteiger partial charge in [0.1, 0.15) is 6.54 Å². The molecular weight excluding hydrogens is 474 g/mol. The summed E-state index contributed by atoms with van der Waals surface area (Å²) in [7, 11) is 1.93. The van der Waals surface area contributed by atoms with Crippen LogP contribution in [0.5, 0.6) is 0 Å². The summed E-state index contributed by atoms with van der Waals surface area (Å²) in [4.78, 5) is 20.5. The van der Waals surface area contributed by atoms with Crippen molar-refractivity contribution >= 4 is 59.0 Å². The molecule has 1 N–H and O–H groups in total. The molecule has 0 aromatic heterocycles. The molecule has 2 rings (SSSR count). The average Bonchev–Trinajstić information content (AvgIpc) is 3.09. The molecule has 8 heteroatoms. The quantitative estimate of drug-likeness (QED) is 0.383. The third-order valence-electron chi connectivity index (χ3n) is 3.92. The molecule has 0 aliphatic carbocycles. The summed E-state index contributed by atoms with van der Waals surface area (Å²) in [5.74, 6) is 0.793. The van der Waals surface area contributed by atoms with Crippen LogP contribution in [-0.2, 0) is 11.3 Å². The van der Waals surface area contributed by atoms with Gasteiger partial charge in [0.05, 0.1) is 10.0 Å². The van der Waals surface area contributed by atoms with Crippen LogP contribution < -0.4 is 5.32 Å². The Balaban J connectivity index is 0.00000312. The van der Waals surface area contributed by atoms with E-state index in [-0.39, 0.29) is 36.4 Å². The lowest BCUT2D eigenvalue weighted by molar-refractivity contribution is -0.128. The first-order valence-corrected chi connectivity index (χ1v) is 8.98. The Bertz CT molecular complexity index is 606. The van der Waals surface area contributed by atoms with Crippen molar-refractivity contribution in [2.45, 2.75) is 26.3 Å². The third kappa shape index (κ3) is 6.83. The summed E-state index contributed by atoms with van der Waals surface area (Å²) < 4.78 is 0. The summed E-state index contributed by atoms with van der Waals surface area (Å²) in [5.41, 5.74) is 1.03. The van der Waals surface area contributed by atoms with Crippen LogP contribution in [0.3, 0.4) is 0 Å². The van der Waals surface area contributed by atoms with Crippen molar-refractivity contribution in [3.63, 3.8) is 0 Å². The number of carbonyl (C=O) groups excluding carboxylic acids is 1. The maximum atomic E-state index is 12.2. The minimum Gasteiger partial charge on any atom is -0.357 e. The molecule has 0 unspecified atom stereocenters. The van der Waals surface area contributed by atoms with Crippen molar-refractivity contribution in [1.29, 1.82) is 0 Å². The zero-order valence-electron chi connectivity index (χ0n) is 14.6. The number of hydrogen-bond donors (Lipinski definition) is 1. The SMILES string of the molecule is CCNC(=NCC(=O)N1CCCC1)N(C)Cc1ccc(Cl)c(Cl)c1.I. The molecule has 140 valence electrons. The maximum Gasteiger partial charge on any atom is 0.244 e. The molecule has 0 atom stereocenters. The van der Waals surface area contributed by atoms with Gasteiger partial charge in [-0.05, 0) is 37.5 Å². The van der Waals surface area contributed by atoms with Crippen molar-refractivity contribution in [1.82, 2.24) is 15.1 Å². The molecule has 1 heterocycles. The highest BCUT2D eigenvalue weighted by atomic mass is 127. The van der Waals surface area contributed by atoms with Crippen LogP contribution >= 0.6 is 47.2 Å². The van der Waals surface area contributed by atoms with Crippen LogP contribution in [0.15, 0.2) is 23.2 Å². The van der Waals surface area contributed by atoms with Crippen LogP contribution in [0.4, 0.5) is 0 Å². The van der Waals surface area contributed by atoms with Crippen LogP contribution in [0.1, 0.15) is 25.3 Å². The molecule has 1 fully saturated rings. The predicted molar refractivity (Wildman–Crippen MR) is 115 cm³/mol. The Morgan fingerprint density at radius 3 is 2.56 bits per heavy atom. The van der Waals surface area contributed by atoms with E-state index in [1.165, 1.54) is 0 Å². The number of rotatable bonds is 5. The van der Waals surface area contributed by atoms with Gasteiger partial charge in [-0.3, -0.25) is 4.79 Å². The number of aliphatic imine (C=N–C) groups is 1. The molecule has 0 spiro atoms. The highest BCUT2D eigenvalue weighted by Gasteiger charge is 2.17. The molecule has 1 saturated heterocycles. The second-order valence-corrected chi connectivity index (χ2v) is 6.68. The van der Waals surface area contributed by atoms with Gasteiger partial charge in [-0.15, -0.1) is 24.0 Å². The Hall–Kier alpha value is -0.730. The van der Waals surface area contributed by atoms with E-state index in [9.17, 15) is 4.79 Å². The smallest absolute Gasteiger partial charge is 0.244 e. The van der Waals surface area contributed by atoms with Gasteiger partial charge in [-0.1, -0.05) is 29.3 Å². The van der Waals surface area contributed by atoms with Crippen molar-refractivity contribution < 1.29 is 4.79 Å². The van der Waals surface area contributed by atoms with E-state index < -0.39 is 0 Å². The van der Waals surface area contributed by atoms with Gasteiger partial charge in [-0.25, -0.2) is 4.99 Å². The van der Waals surface area contributed by atoms with Gasteiger partial charge in [0, 0.05) is 33.2 Å². The van der Waals surface area contributed by atoms with Crippen LogP contribution in [0.2, 0.25) is 10.0 Å². The lowest BCUT2D eigenvalue weighted by atomic mass is 10.2. The van der Waals surface area contributed by atoms with Gasteiger partial charge >= 0.3 is 0 Å². The number of likely N-dealkylation sites (tertiary alicyclic amines) is 1. The van der Waals surface area contributed by atoms with Gasteiger partial charge in [0.15, 0.2) is 5.96 Å². The van der Waals surface area contributed by atoms with E-state index in [1.807, 2.05) is 35.9 Å². The fourth-order valence-corrected chi connectivity index (χ4v) is 2.99. The van der Waals surface area contributed by atoms with E-state index in [0.717, 1.165) is 38.0 Å². The van der Waals surface area contributed by atoms with Gasteiger partial charge in [0.2, 0.25) is 5.91 Å². The van der Waals surface area contributed by atoms with E-state index in [0.29, 0.717) is 22.5 Å². The molecule has 0 radical (unpaired) electrons. The fourth-order valence-electron chi connectivity index (χ4n) is 2.67. The Morgan fingerprint density at radius 1 is 1.28 bits per heavy atom. The number of hydrogen-bond acceptors (Lipinski definition) is 2. The number of nitrogens with zero attached hydrogens (tertiary/aromatic N) is 3. The Kier molecular flexibility index (Phi) is 9.89. The van der Waals surface area contributed by atoms with Crippen molar-refractivity contribution in [3.8, 4) is 0 Å². The minimum absolute atomic E-state index is 0. The highest BCUT2D eigenvalue weighted by Crippen LogP contribution is 2.23. The minimum atomic E-state index is 0. The molecule has 1 amide bonds. The van der Waals surface area contributed by atoms with Crippen molar-refractivity contribution in [3.05, 3.63) is 33.8 Å². The number of nitrogens with one attached hydrogen (secondary N) is 1. The molecule has 1 aromatic carbocycles. The Labute approximate surface area is 176 Å². The number of amides is 1. The summed E-state index contributed by atoms with van der Waals surface area (Å²) >= 11 is 12.0. The predicted octanol–water partition coefficient (Wildman–Crippen LogP) is 3.63. The van der Waals surface area contributed by atoms with Gasteiger partial charge in [0.25, 0.3) is 0 Å². The number of benzene rings is 1. The van der Waals surface area contributed by atoms with Gasteiger partial charge in [-0.2, -0.15) is 0 Å². The largest absolute Gasteiger partial charge is 0.357 e. The Morgan fingerprint density at radius 2 is 1.96 bits per heavy atom. The highest BCUT2D eigenvalue weighted by molar-refractivity contribution is 14.0. The van der Waals surface area contributed by atoms with Gasteiger partial charge < -0.3 is 15.1 Å². The number of halogens is 3. The number of carbonyl (C=O) groups is 1. The maximum absolute atomic E-state index is 12.2. The first-order valence-electron chi connectivity index (χ1n) is 8.22. The standard InChI is InChI=1S/C17H24Cl2N4O.HI/c1-3-20-17(21-11-16(24)23-8-4-5-9-23)22(2)12-13-6-7-14(18)15(19)10-13;/h6-7,10H,3-5,8-9,11-12H2,1-2H3,(H,20,21);1H. The second-order valence-electron chi connectivity index (χ2n) is 5.86. The number of guanidine groups is 1. The molecule has 1 aliphatic rings. The lowest BCUT2D eigenvalue weighted by Crippen LogP contribution is -2.39. The van der Waals surface area contributed by atoms with E-state index in [2.05, 4.69) is 10.3 Å². The molecule has 5 nitrogen and oxygen atoms in total. The molecular formula is C17H25Cl2IN4O. The molecule has 1 aromatic rings. The zero-order valence-corrected chi connectivity index (χ0v) is 18.4. The third-order valence-corrected chi connectivity index (χ3v) is 4.66. The summed E-state index contributed by atoms with van der Waals surface area (Å²) in [5, 5.41) is 4.30. The molecule has 1 aliphatic heterocycles. The first-order chi connectivity index (χ1) is 11.5. The monoisotopic (exact) mass is 498 g/mol. The first kappa shape index (κ1) is 22.3. The summed E-state index contributed by atoms with van der Waals surface area (Å²) in [6.45, 7) is 5.25. The molecule has 0 saturated carbocycles. The fraction of sp³-hybridized carbons (Fsp3) is 0.529. The second kappa shape index (κ2) is 11.1. The molecule has 0 bridgehead atoms. The zero-order chi connectivity index (χ0) is 17.5. The summed E-state index contributed by atoms with van der Waals surface area (Å²) in [6, 6.07) is 5.57. The molecule has 25 heavy (non-hydrogen) atoms. The van der Waals surface area contributed by atoms with Crippen LogP contribution in [0, 0.1) is 0 Å². The van der Waals surface area contributed by atoms with Crippen molar-refractivity contribution in [2.24, 2.45) is 4.99 Å². The lowest BCUT2D eigenvalue weighted by Gasteiger charge is -2.23. The van der Waals surface area contributed by atoms with E-state index in [1.54, 1.807) is 6.07 Å². The van der Waals surface area contributed by atoms with Crippen LogP contribution in [-0.4, -0.2) is 54.9 Å². The van der Waals surface area contributed by atoms with Crippen LogP contribution in [0.25, 0.3) is 0 Å². The normalized spacial score (nSPS) is 14.2. The van der Waals surface area contributed by atoms with E-state index >= 15 is 0 Å². The summed E-state index contributed by atoms with van der Waals surface area (Å²) in [6.07, 6.45) is 2.18. The van der Waals surface area contributed by atoms with Crippen molar-refractivity contribution in [2.75, 3.05) is 33.2 Å². The average molecular weight is 499 g/mol. The topological polar surface area (TPSA) is 47.9 Å². The van der Waals surface area contributed by atoms with E-state index in [4.69, 9.17) is 23.2 Å².